The Morgan fingerprint density at radius 3 is 2.19 bits per heavy atom. The smallest absolute Gasteiger partial charge is 0.312 e. The van der Waals surface area contributed by atoms with Crippen LogP contribution in [0.3, 0.4) is 0 Å². The molecule has 0 saturated heterocycles. The number of hydrogen-bond donors (Lipinski definition) is 5. The number of phenolic OH excluding ortho intramolecular Hbond substituents is 1. The lowest BCUT2D eigenvalue weighted by atomic mass is 9.78. The van der Waals surface area contributed by atoms with Crippen molar-refractivity contribution < 1.29 is 58.2 Å². The lowest BCUT2D eigenvalue weighted by Gasteiger charge is -2.38. The number of methoxy groups -OCH3 is 1. The number of fused-ring (bicyclic) bond motifs is 14. The number of allylic oxidation sites excluding steroid dienone is 4. The van der Waals surface area contributed by atoms with E-state index in [-0.39, 0.29) is 28.1 Å². The molecule has 3 heterocycles. The van der Waals surface area contributed by atoms with Crippen LogP contribution in [0.25, 0.3) is 0 Å². The molecular formula is C38H48N2O12. The molecule has 0 spiro atoms. The maximum Gasteiger partial charge on any atom is 0.312 e. The molecule has 14 nitrogen and oxygen atoms in total. The van der Waals surface area contributed by atoms with Crippen LogP contribution in [0, 0.1) is 30.6 Å². The Morgan fingerprint density at radius 2 is 1.60 bits per heavy atom. The predicted octanol–water partition coefficient (Wildman–Crippen LogP) is 3.18. The van der Waals surface area contributed by atoms with Crippen LogP contribution in [0.4, 0.5) is 0 Å². The molecule has 3 aliphatic heterocycles. The van der Waals surface area contributed by atoms with Crippen molar-refractivity contribution in [2.45, 2.75) is 85.6 Å². The number of amides is 1. The standard InChI is InChI=1S/C38H48N2O12/c1-16-12-11-13-17(2)37(48)40-28-27(39-9)32(45)24-25(33(28)46)31(44)21(6)35-26(24)36(47)38(8,52-35)50-15-14-23(49-10)18(3)34(51-22(7)41)20(5)30(43)19(4)29(16)42/h11-16,18-20,23,29-30,34,39,42-44H,1-10H3,(H,40,48)/b12-11+,15-14+,17-13-. The third-order valence-corrected chi connectivity index (χ3v) is 10.2. The largest absolute Gasteiger partial charge is 0.507 e. The molecule has 52 heavy (non-hydrogen) atoms. The van der Waals surface area contributed by atoms with Gasteiger partial charge in [0.05, 0.1) is 41.3 Å². The lowest BCUT2D eigenvalue weighted by Crippen LogP contribution is -2.46. The van der Waals surface area contributed by atoms with Crippen LogP contribution in [-0.4, -0.2) is 88.9 Å². The average Bonchev–Trinajstić information content (AvgIpc) is 3.36. The molecule has 0 saturated carbocycles. The number of carbonyl (C=O) groups excluding carboxylic acids is 5. The van der Waals surface area contributed by atoms with E-state index in [1.54, 1.807) is 39.8 Å². The number of aromatic hydroxyl groups is 1. The van der Waals surface area contributed by atoms with Crippen LogP contribution in [0.1, 0.15) is 85.1 Å². The van der Waals surface area contributed by atoms with E-state index < -0.39 is 106 Å². The highest BCUT2D eigenvalue weighted by atomic mass is 16.7. The summed E-state index contributed by atoms with van der Waals surface area (Å²) in [5.74, 6) is -9.19. The van der Waals surface area contributed by atoms with E-state index in [0.717, 1.165) is 6.26 Å². The fourth-order valence-corrected chi connectivity index (χ4v) is 6.93. The van der Waals surface area contributed by atoms with E-state index in [1.165, 1.54) is 54.0 Å². The first-order valence-corrected chi connectivity index (χ1v) is 17.0. The van der Waals surface area contributed by atoms with Crippen molar-refractivity contribution >= 4 is 29.2 Å². The highest BCUT2D eigenvalue weighted by Crippen LogP contribution is 2.48. The minimum atomic E-state index is -2.06. The lowest BCUT2D eigenvalue weighted by molar-refractivity contribution is -0.160. The number of aliphatic hydroxyl groups is 2. The van der Waals surface area contributed by atoms with Crippen LogP contribution in [0.15, 0.2) is 47.5 Å². The molecular weight excluding hydrogens is 676 g/mol. The summed E-state index contributed by atoms with van der Waals surface area (Å²) in [6, 6.07) is 0. The van der Waals surface area contributed by atoms with Gasteiger partial charge in [-0.15, -0.1) is 0 Å². The average molecular weight is 725 g/mol. The Balaban J connectivity index is 1.88. The zero-order chi connectivity index (χ0) is 39.0. The van der Waals surface area contributed by atoms with E-state index in [9.17, 15) is 39.3 Å². The van der Waals surface area contributed by atoms with Crippen LogP contribution >= 0.6 is 0 Å². The summed E-state index contributed by atoms with van der Waals surface area (Å²) in [5.41, 5.74) is -1.75. The second kappa shape index (κ2) is 15.4. The molecule has 5 rings (SSSR count). The van der Waals surface area contributed by atoms with E-state index >= 15 is 0 Å². The first-order chi connectivity index (χ1) is 24.3. The quantitative estimate of drug-likeness (QED) is 0.285. The highest BCUT2D eigenvalue weighted by molar-refractivity contribution is 6.32. The van der Waals surface area contributed by atoms with Crippen LogP contribution in [-0.2, 0) is 23.8 Å². The molecule has 1 aliphatic carbocycles. The summed E-state index contributed by atoms with van der Waals surface area (Å²) in [4.78, 5) is 67.5. The molecule has 9 atom stereocenters. The van der Waals surface area contributed by atoms with E-state index in [4.69, 9.17) is 18.9 Å². The van der Waals surface area contributed by atoms with Gasteiger partial charge in [0.2, 0.25) is 11.6 Å². The van der Waals surface area contributed by atoms with Gasteiger partial charge in [-0.2, -0.15) is 0 Å². The van der Waals surface area contributed by atoms with Crippen molar-refractivity contribution in [3.8, 4) is 11.5 Å². The highest BCUT2D eigenvalue weighted by Gasteiger charge is 2.52. The van der Waals surface area contributed by atoms with Crippen molar-refractivity contribution in [1.29, 1.82) is 0 Å². The van der Waals surface area contributed by atoms with Gasteiger partial charge < -0.3 is 44.9 Å². The maximum atomic E-state index is 14.1. The number of carbonyl (C=O) groups is 5. The first-order valence-electron chi connectivity index (χ1n) is 17.0. The Bertz CT molecular complexity index is 1790. The molecule has 9 unspecified atom stereocenters. The monoisotopic (exact) mass is 724 g/mol. The fourth-order valence-electron chi connectivity index (χ4n) is 6.93. The minimum Gasteiger partial charge on any atom is -0.507 e. The number of rotatable bonds is 3. The van der Waals surface area contributed by atoms with Crippen molar-refractivity contribution in [2.24, 2.45) is 23.7 Å². The maximum absolute atomic E-state index is 14.1. The molecule has 1 amide bonds. The molecule has 1 aromatic rings. The van der Waals surface area contributed by atoms with Gasteiger partial charge in [0.15, 0.2) is 0 Å². The number of hydrogen-bond acceptors (Lipinski definition) is 13. The summed E-state index contributed by atoms with van der Waals surface area (Å²) in [7, 11) is 2.79. The summed E-state index contributed by atoms with van der Waals surface area (Å²) in [5, 5.41) is 39.0. The van der Waals surface area contributed by atoms with Crippen LogP contribution in [0.2, 0.25) is 0 Å². The van der Waals surface area contributed by atoms with Crippen LogP contribution in [0.5, 0.6) is 11.5 Å². The van der Waals surface area contributed by atoms with Gasteiger partial charge in [0, 0.05) is 62.8 Å². The van der Waals surface area contributed by atoms with Crippen molar-refractivity contribution in [3.63, 3.8) is 0 Å². The zero-order valence-corrected chi connectivity index (χ0v) is 31.0. The number of aliphatic hydroxyl groups excluding tert-OH is 2. The van der Waals surface area contributed by atoms with Crippen LogP contribution < -0.4 is 15.4 Å². The van der Waals surface area contributed by atoms with E-state index in [0.29, 0.717) is 0 Å². The third-order valence-electron chi connectivity index (χ3n) is 10.2. The summed E-state index contributed by atoms with van der Waals surface area (Å²) >= 11 is 0. The molecule has 0 aromatic heterocycles. The van der Waals surface area contributed by atoms with Gasteiger partial charge >= 0.3 is 11.8 Å². The first kappa shape index (κ1) is 40.0. The summed E-state index contributed by atoms with van der Waals surface area (Å²) in [6.45, 7) is 12.3. The number of ether oxygens (including phenoxy) is 4. The minimum absolute atomic E-state index is 0.00410. The zero-order valence-electron chi connectivity index (χ0n) is 31.0. The Morgan fingerprint density at radius 1 is 0.942 bits per heavy atom. The summed E-state index contributed by atoms with van der Waals surface area (Å²) < 4.78 is 23.2. The second-order valence-corrected chi connectivity index (χ2v) is 13.8. The Labute approximate surface area is 302 Å². The number of ketones is 3. The van der Waals surface area contributed by atoms with Gasteiger partial charge in [-0.1, -0.05) is 45.9 Å². The van der Waals surface area contributed by atoms with Gasteiger partial charge in [0.25, 0.3) is 11.7 Å². The van der Waals surface area contributed by atoms with E-state index in [2.05, 4.69) is 10.6 Å². The fraction of sp³-hybridized carbons (Fsp3) is 0.500. The molecule has 5 N–H and O–H groups in total. The molecule has 1 aromatic carbocycles. The Hall–Kier alpha value is -4.79. The molecule has 5 bridgehead atoms. The van der Waals surface area contributed by atoms with Gasteiger partial charge in [-0.05, 0) is 19.9 Å². The van der Waals surface area contributed by atoms with Crippen molar-refractivity contribution in [3.05, 3.63) is 69.8 Å². The molecule has 282 valence electrons. The molecule has 0 fully saturated rings. The summed E-state index contributed by atoms with van der Waals surface area (Å²) in [6.07, 6.45) is 3.38. The van der Waals surface area contributed by atoms with E-state index in [1.807, 2.05) is 0 Å². The number of benzene rings is 1. The van der Waals surface area contributed by atoms with Gasteiger partial charge in [-0.25, -0.2) is 0 Å². The predicted molar refractivity (Wildman–Crippen MR) is 187 cm³/mol. The number of esters is 1. The number of likely N-dealkylation sites (N-methyl/N-ethyl adjacent to an activating group) is 1. The molecule has 0 radical (unpaired) electrons. The molecule has 4 aliphatic rings. The number of phenols is 1. The number of Topliss-reactive ketones (excluding diaryl/α,β-unsaturated/α-hetero) is 3. The molecule has 14 heteroatoms. The topological polar surface area (TPSA) is 207 Å². The second-order valence-electron chi connectivity index (χ2n) is 13.8. The SMILES string of the molecule is CNC1=C2NC(=O)/C(C)=C\C=C\C(C)C(O)C(C)C(O)C(C)C(OC(C)=O)C(C)C(OC)/C=C/OC3(C)Oc4c(C)c(O)c(c(c4C3=O)C1=O)C2=O. The van der Waals surface area contributed by atoms with Gasteiger partial charge in [0.1, 0.15) is 29.0 Å². The number of nitrogens with one attached hydrogen (secondary N) is 2. The normalized spacial score (nSPS) is 33.7. The third kappa shape index (κ3) is 7.14. The Kier molecular flexibility index (Phi) is 11.9. The van der Waals surface area contributed by atoms with Gasteiger partial charge in [-0.3, -0.25) is 24.0 Å². The van der Waals surface area contributed by atoms with Crippen molar-refractivity contribution in [1.82, 2.24) is 10.6 Å². The van der Waals surface area contributed by atoms with Crippen molar-refractivity contribution in [2.75, 3.05) is 14.2 Å².